The number of pyridine rings is 1. The number of nitrogens with one attached hydrogen (secondary N) is 1. The Labute approximate surface area is 148 Å². The van der Waals surface area contributed by atoms with Crippen LogP contribution in [0.4, 0.5) is 0 Å². The number of benzene rings is 1. The van der Waals surface area contributed by atoms with Crippen molar-refractivity contribution in [2.24, 2.45) is 0 Å². The number of amides is 1. The maximum Gasteiger partial charge on any atom is 0.253 e. The third-order valence-corrected chi connectivity index (χ3v) is 4.02. The van der Waals surface area contributed by atoms with E-state index in [2.05, 4.69) is 31.0 Å². The van der Waals surface area contributed by atoms with Crippen molar-refractivity contribution >= 4 is 11.6 Å². The molecule has 0 aliphatic carbocycles. The monoisotopic (exact) mass is 348 g/mol. The van der Waals surface area contributed by atoms with Crippen LogP contribution in [0.1, 0.15) is 22.0 Å². The van der Waals surface area contributed by atoms with Crippen molar-refractivity contribution in [1.82, 2.24) is 40.1 Å². The zero-order valence-electron chi connectivity index (χ0n) is 14.1. The zero-order valence-corrected chi connectivity index (χ0v) is 14.1. The van der Waals surface area contributed by atoms with Gasteiger partial charge in [0.05, 0.1) is 11.3 Å². The van der Waals surface area contributed by atoms with Crippen LogP contribution in [0.3, 0.4) is 0 Å². The average molecular weight is 348 g/mol. The Bertz CT molecular complexity index is 1070. The fourth-order valence-electron chi connectivity index (χ4n) is 2.75. The van der Waals surface area contributed by atoms with Gasteiger partial charge in [0.2, 0.25) is 0 Å². The molecule has 0 aliphatic rings. The van der Waals surface area contributed by atoms with Gasteiger partial charge < -0.3 is 5.32 Å². The summed E-state index contributed by atoms with van der Waals surface area (Å²) in [6.07, 6.45) is 2.48. The van der Waals surface area contributed by atoms with Gasteiger partial charge in [-0.3, -0.25) is 9.20 Å². The first-order chi connectivity index (χ1) is 12.7. The number of aromatic nitrogens is 7. The van der Waals surface area contributed by atoms with E-state index >= 15 is 0 Å². The number of carbonyl (C=O) groups excluding carboxylic acids is 1. The van der Waals surface area contributed by atoms with Crippen LogP contribution < -0.4 is 5.32 Å². The molecule has 0 radical (unpaired) electrons. The van der Waals surface area contributed by atoms with Crippen LogP contribution in [0, 0.1) is 6.92 Å². The van der Waals surface area contributed by atoms with Crippen LogP contribution in [-0.2, 0) is 6.42 Å². The summed E-state index contributed by atoms with van der Waals surface area (Å²) >= 11 is 0. The Kier molecular flexibility index (Phi) is 4.10. The van der Waals surface area contributed by atoms with E-state index in [0.29, 0.717) is 30.0 Å². The van der Waals surface area contributed by atoms with Crippen molar-refractivity contribution < 1.29 is 4.79 Å². The molecule has 0 unspecified atom stereocenters. The molecule has 0 saturated carbocycles. The number of fused-ring (bicyclic) bond motifs is 1. The van der Waals surface area contributed by atoms with Gasteiger partial charge in [-0.05, 0) is 41.6 Å². The van der Waals surface area contributed by atoms with Crippen LogP contribution in [0.2, 0.25) is 0 Å². The number of rotatable bonds is 5. The first-order valence-electron chi connectivity index (χ1n) is 8.15. The largest absolute Gasteiger partial charge is 0.352 e. The number of para-hydroxylation sites is 1. The van der Waals surface area contributed by atoms with E-state index in [4.69, 9.17) is 0 Å². The molecule has 0 aliphatic heterocycles. The molecule has 1 amide bonds. The summed E-state index contributed by atoms with van der Waals surface area (Å²) in [5.74, 6) is 1.22. The lowest BCUT2D eigenvalue weighted by Gasteiger charge is -2.10. The van der Waals surface area contributed by atoms with Gasteiger partial charge in [0, 0.05) is 19.2 Å². The lowest BCUT2D eigenvalue weighted by atomic mass is 10.1. The second-order valence-corrected chi connectivity index (χ2v) is 5.71. The van der Waals surface area contributed by atoms with Crippen LogP contribution >= 0.6 is 0 Å². The minimum absolute atomic E-state index is 0.190. The third-order valence-electron chi connectivity index (χ3n) is 4.02. The van der Waals surface area contributed by atoms with Crippen molar-refractivity contribution in [2.75, 3.05) is 6.54 Å². The van der Waals surface area contributed by atoms with Crippen LogP contribution in [0.25, 0.3) is 11.3 Å². The quantitative estimate of drug-likeness (QED) is 0.577. The van der Waals surface area contributed by atoms with Gasteiger partial charge in [-0.1, -0.05) is 18.2 Å². The molecule has 4 rings (SSSR count). The average Bonchev–Trinajstić information content (AvgIpc) is 3.28. The Balaban J connectivity index is 1.48. The highest BCUT2D eigenvalue weighted by molar-refractivity contribution is 5.97. The van der Waals surface area contributed by atoms with Gasteiger partial charge in [0.1, 0.15) is 5.82 Å². The van der Waals surface area contributed by atoms with E-state index in [9.17, 15) is 4.79 Å². The van der Waals surface area contributed by atoms with Crippen molar-refractivity contribution in [3.8, 4) is 5.69 Å². The highest BCUT2D eigenvalue weighted by Gasteiger charge is 2.15. The molecule has 1 aromatic carbocycles. The Morgan fingerprint density at radius 1 is 1.08 bits per heavy atom. The molecule has 0 saturated heterocycles. The lowest BCUT2D eigenvalue weighted by Crippen LogP contribution is -2.27. The molecule has 9 heteroatoms. The fourth-order valence-corrected chi connectivity index (χ4v) is 2.75. The molecular formula is C17H16N8O. The van der Waals surface area contributed by atoms with Crippen LogP contribution in [-0.4, -0.2) is 47.3 Å². The van der Waals surface area contributed by atoms with E-state index in [-0.39, 0.29) is 5.91 Å². The molecule has 3 aromatic heterocycles. The third kappa shape index (κ3) is 2.90. The molecule has 0 fully saturated rings. The smallest absolute Gasteiger partial charge is 0.253 e. The SMILES string of the molecule is Cc1nnnn1-c1ccccc1C(=O)NCCc1nnc2ccccn12. The van der Waals surface area contributed by atoms with Gasteiger partial charge >= 0.3 is 0 Å². The molecule has 3 heterocycles. The summed E-state index contributed by atoms with van der Waals surface area (Å²) in [6.45, 7) is 2.22. The molecule has 0 bridgehead atoms. The van der Waals surface area contributed by atoms with E-state index in [1.165, 1.54) is 0 Å². The van der Waals surface area contributed by atoms with Crippen molar-refractivity contribution in [1.29, 1.82) is 0 Å². The highest BCUT2D eigenvalue weighted by atomic mass is 16.1. The molecule has 0 spiro atoms. The first-order valence-corrected chi connectivity index (χ1v) is 8.15. The van der Waals surface area contributed by atoms with Crippen LogP contribution in [0.5, 0.6) is 0 Å². The van der Waals surface area contributed by atoms with Crippen molar-refractivity contribution in [2.45, 2.75) is 13.3 Å². The van der Waals surface area contributed by atoms with Crippen molar-refractivity contribution in [3.63, 3.8) is 0 Å². The van der Waals surface area contributed by atoms with Crippen LogP contribution in [0.15, 0.2) is 48.7 Å². The summed E-state index contributed by atoms with van der Waals surface area (Å²) in [7, 11) is 0. The number of nitrogens with zero attached hydrogens (tertiary/aromatic N) is 7. The van der Waals surface area contributed by atoms with E-state index in [1.807, 2.05) is 47.0 Å². The molecule has 130 valence electrons. The summed E-state index contributed by atoms with van der Waals surface area (Å²) in [5, 5.41) is 22.6. The van der Waals surface area contributed by atoms with Gasteiger partial charge in [-0.25, -0.2) is 0 Å². The van der Waals surface area contributed by atoms with E-state index in [1.54, 1.807) is 17.7 Å². The van der Waals surface area contributed by atoms with E-state index in [0.717, 1.165) is 11.5 Å². The minimum atomic E-state index is -0.190. The summed E-state index contributed by atoms with van der Waals surface area (Å²) in [5.41, 5.74) is 1.93. The summed E-state index contributed by atoms with van der Waals surface area (Å²) in [6, 6.07) is 12.9. The standard InChI is InChI=1S/C17H16N8O/c1-12-19-22-23-25(12)14-7-3-2-6-13(14)17(26)18-10-9-16-21-20-15-8-4-5-11-24(15)16/h2-8,11H,9-10H2,1H3,(H,18,26). The lowest BCUT2D eigenvalue weighted by molar-refractivity contribution is 0.0954. The highest BCUT2D eigenvalue weighted by Crippen LogP contribution is 2.14. The fraction of sp³-hybridized carbons (Fsp3) is 0.176. The maximum absolute atomic E-state index is 12.6. The molecular weight excluding hydrogens is 332 g/mol. The Hall–Kier alpha value is -3.62. The second kappa shape index (κ2) is 6.71. The van der Waals surface area contributed by atoms with Crippen molar-refractivity contribution in [3.05, 3.63) is 65.9 Å². The number of hydrogen-bond acceptors (Lipinski definition) is 6. The Morgan fingerprint density at radius 2 is 1.92 bits per heavy atom. The Morgan fingerprint density at radius 3 is 2.77 bits per heavy atom. The van der Waals surface area contributed by atoms with Gasteiger partial charge in [0.15, 0.2) is 11.5 Å². The summed E-state index contributed by atoms with van der Waals surface area (Å²) in [4.78, 5) is 12.6. The summed E-state index contributed by atoms with van der Waals surface area (Å²) < 4.78 is 3.45. The van der Waals surface area contributed by atoms with E-state index < -0.39 is 0 Å². The number of aryl methyl sites for hydroxylation is 1. The molecule has 0 atom stereocenters. The number of carbonyl (C=O) groups is 1. The first kappa shape index (κ1) is 15.9. The number of tetrazole rings is 1. The zero-order chi connectivity index (χ0) is 17.9. The molecule has 4 aromatic rings. The maximum atomic E-state index is 12.6. The molecule has 1 N–H and O–H groups in total. The number of hydrogen-bond donors (Lipinski definition) is 1. The normalized spacial score (nSPS) is 11.0. The predicted octanol–water partition coefficient (Wildman–Crippen LogP) is 0.986. The molecule has 26 heavy (non-hydrogen) atoms. The predicted molar refractivity (Wildman–Crippen MR) is 92.9 cm³/mol. The van der Waals surface area contributed by atoms with Gasteiger partial charge in [-0.15, -0.1) is 15.3 Å². The van der Waals surface area contributed by atoms with Gasteiger partial charge in [-0.2, -0.15) is 4.68 Å². The second-order valence-electron chi connectivity index (χ2n) is 5.71. The van der Waals surface area contributed by atoms with Gasteiger partial charge in [0.25, 0.3) is 5.91 Å². The minimum Gasteiger partial charge on any atom is -0.352 e. The molecule has 9 nitrogen and oxygen atoms in total. The topological polar surface area (TPSA) is 103 Å².